The maximum Gasteiger partial charge on any atom is 0.407 e. The Balaban J connectivity index is 1.29. The number of carbonyl (C=O) groups excluding carboxylic acids is 2. The van der Waals surface area contributed by atoms with Crippen molar-refractivity contribution in [3.63, 3.8) is 0 Å². The number of para-hydroxylation sites is 1. The third kappa shape index (κ3) is 6.53. The van der Waals surface area contributed by atoms with Crippen LogP contribution in [0.15, 0.2) is 72.8 Å². The molecule has 50 heavy (non-hydrogen) atoms. The molecule has 0 aliphatic carbocycles. The van der Waals surface area contributed by atoms with Crippen LogP contribution in [0.4, 0.5) is 10.5 Å². The first-order chi connectivity index (χ1) is 24.2. The molecule has 1 aromatic heterocycles. The molecule has 1 N–H and O–H groups in total. The standard InChI is InChI=1S/C40H45N5O5/c1-27-34(38(46)42(3)32-11-5-4-6-12-32)24-37(41(27)2)35-22-29-13-16-44(40(48)49)25-31(29)23-36(35)39(47)45-26-30-10-8-7-9-28(30)21-33(45)14-15-43-17-19-50-20-18-43/h4-12,22-24,33H,13-21,25-26H2,1-3H3,(H,48,49)/t33-/m1/s1. The number of nitrogens with zero attached hydrogens (tertiary/aromatic N) is 5. The first-order valence-corrected chi connectivity index (χ1v) is 17.5. The number of hydrogen-bond donors (Lipinski definition) is 1. The minimum Gasteiger partial charge on any atom is -0.465 e. The van der Waals surface area contributed by atoms with E-state index in [0.717, 1.165) is 85.0 Å². The summed E-state index contributed by atoms with van der Waals surface area (Å²) < 4.78 is 7.57. The lowest BCUT2D eigenvalue weighted by Gasteiger charge is -2.39. The number of fused-ring (bicyclic) bond motifs is 2. The summed E-state index contributed by atoms with van der Waals surface area (Å²) in [7, 11) is 3.71. The van der Waals surface area contributed by atoms with Gasteiger partial charge in [-0.25, -0.2) is 4.79 Å². The van der Waals surface area contributed by atoms with E-state index in [1.165, 1.54) is 10.5 Å². The zero-order valence-corrected chi connectivity index (χ0v) is 29.1. The molecule has 0 saturated carbocycles. The van der Waals surface area contributed by atoms with E-state index in [-0.39, 0.29) is 24.4 Å². The lowest BCUT2D eigenvalue weighted by atomic mass is 9.88. The highest BCUT2D eigenvalue weighted by molar-refractivity contribution is 6.08. The smallest absolute Gasteiger partial charge is 0.407 e. The molecule has 10 nitrogen and oxygen atoms in total. The summed E-state index contributed by atoms with van der Waals surface area (Å²) in [5, 5.41) is 9.82. The number of anilines is 1. The van der Waals surface area contributed by atoms with Gasteiger partial charge in [0, 0.05) is 87.6 Å². The number of morpholine rings is 1. The Morgan fingerprint density at radius 2 is 1.58 bits per heavy atom. The highest BCUT2D eigenvalue weighted by atomic mass is 16.5. The Labute approximate surface area is 293 Å². The topological polar surface area (TPSA) is 98.6 Å². The second-order valence-corrected chi connectivity index (χ2v) is 13.7. The van der Waals surface area contributed by atoms with E-state index in [1.807, 2.05) is 72.0 Å². The normalized spacial score (nSPS) is 17.6. The van der Waals surface area contributed by atoms with Crippen molar-refractivity contribution >= 4 is 23.6 Å². The maximum atomic E-state index is 15.1. The molecule has 0 bridgehead atoms. The van der Waals surface area contributed by atoms with E-state index in [0.29, 0.717) is 30.6 Å². The van der Waals surface area contributed by atoms with Gasteiger partial charge in [-0.15, -0.1) is 0 Å². The number of ether oxygens (including phenoxy) is 1. The summed E-state index contributed by atoms with van der Waals surface area (Å²) in [6.45, 7) is 7.15. The zero-order valence-electron chi connectivity index (χ0n) is 29.1. The van der Waals surface area contributed by atoms with E-state index in [1.54, 1.807) is 11.9 Å². The molecule has 3 aliphatic heterocycles. The first kappa shape index (κ1) is 33.6. The lowest BCUT2D eigenvalue weighted by molar-refractivity contribution is 0.0308. The maximum absolute atomic E-state index is 15.1. The molecule has 0 unspecified atom stereocenters. The molecule has 1 atom stereocenters. The van der Waals surface area contributed by atoms with Gasteiger partial charge in [0.2, 0.25) is 0 Å². The van der Waals surface area contributed by atoms with Crippen molar-refractivity contribution in [2.75, 3.05) is 51.3 Å². The molecule has 3 amide bonds. The first-order valence-electron chi connectivity index (χ1n) is 17.5. The monoisotopic (exact) mass is 675 g/mol. The van der Waals surface area contributed by atoms with Gasteiger partial charge in [-0.05, 0) is 78.8 Å². The number of rotatable bonds is 7. The number of aromatic nitrogens is 1. The molecule has 1 saturated heterocycles. The minimum absolute atomic E-state index is 0.00791. The SMILES string of the molecule is Cc1c(C(=O)N(C)c2ccccc2)cc(-c2cc3c(cc2C(=O)N2Cc4ccccc4C[C@H]2CCN2CCOCC2)CN(C(=O)O)CC3)n1C. The van der Waals surface area contributed by atoms with Crippen LogP contribution in [0.25, 0.3) is 11.3 Å². The molecule has 7 rings (SSSR count). The number of hydrogen-bond acceptors (Lipinski definition) is 5. The number of carbonyl (C=O) groups is 3. The Morgan fingerprint density at radius 1 is 0.860 bits per heavy atom. The third-order valence-electron chi connectivity index (χ3n) is 10.8. The summed E-state index contributed by atoms with van der Waals surface area (Å²) >= 11 is 0. The largest absolute Gasteiger partial charge is 0.465 e. The number of benzene rings is 3. The van der Waals surface area contributed by atoms with Crippen LogP contribution in [-0.4, -0.2) is 94.8 Å². The van der Waals surface area contributed by atoms with E-state index >= 15 is 4.79 Å². The Kier molecular flexibility index (Phi) is 9.48. The Morgan fingerprint density at radius 3 is 2.32 bits per heavy atom. The number of carboxylic acid groups (broad SMARTS) is 1. The fourth-order valence-corrected chi connectivity index (χ4v) is 7.68. The molecule has 4 aromatic rings. The number of amides is 3. The minimum atomic E-state index is -0.966. The third-order valence-corrected chi connectivity index (χ3v) is 10.8. The van der Waals surface area contributed by atoms with Crippen LogP contribution >= 0.6 is 0 Å². The average Bonchev–Trinajstić information content (AvgIpc) is 3.45. The van der Waals surface area contributed by atoms with Crippen molar-refractivity contribution in [2.45, 2.75) is 45.3 Å². The van der Waals surface area contributed by atoms with Crippen LogP contribution in [0.5, 0.6) is 0 Å². The molecule has 260 valence electrons. The quantitative estimate of drug-likeness (QED) is 0.274. The summed E-state index contributed by atoms with van der Waals surface area (Å²) in [6.07, 6.45) is 1.19. The summed E-state index contributed by atoms with van der Waals surface area (Å²) in [4.78, 5) is 48.4. The van der Waals surface area contributed by atoms with Crippen LogP contribution in [0.3, 0.4) is 0 Å². The van der Waals surface area contributed by atoms with Crippen molar-refractivity contribution in [3.05, 3.63) is 112 Å². The lowest BCUT2D eigenvalue weighted by Crippen LogP contribution is -2.47. The van der Waals surface area contributed by atoms with Crippen LogP contribution in [0, 0.1) is 6.92 Å². The van der Waals surface area contributed by atoms with Gasteiger partial charge in [-0.2, -0.15) is 0 Å². The predicted molar refractivity (Wildman–Crippen MR) is 193 cm³/mol. The average molecular weight is 676 g/mol. The van der Waals surface area contributed by atoms with Gasteiger partial charge < -0.3 is 29.1 Å². The molecule has 0 radical (unpaired) electrons. The molecular formula is C40H45N5O5. The van der Waals surface area contributed by atoms with E-state index in [2.05, 4.69) is 29.2 Å². The molecular weight excluding hydrogens is 630 g/mol. The van der Waals surface area contributed by atoms with Crippen LogP contribution < -0.4 is 4.90 Å². The van der Waals surface area contributed by atoms with Crippen molar-refractivity contribution in [1.29, 1.82) is 0 Å². The van der Waals surface area contributed by atoms with Crippen molar-refractivity contribution in [3.8, 4) is 11.3 Å². The van der Waals surface area contributed by atoms with Gasteiger partial charge in [0.25, 0.3) is 11.8 Å². The molecule has 4 heterocycles. The van der Waals surface area contributed by atoms with Crippen LogP contribution in [0.2, 0.25) is 0 Å². The van der Waals surface area contributed by atoms with E-state index in [9.17, 15) is 14.7 Å². The van der Waals surface area contributed by atoms with E-state index in [4.69, 9.17) is 4.74 Å². The second-order valence-electron chi connectivity index (χ2n) is 13.7. The van der Waals surface area contributed by atoms with Gasteiger partial charge in [-0.1, -0.05) is 42.5 Å². The van der Waals surface area contributed by atoms with Gasteiger partial charge in [0.1, 0.15) is 0 Å². The summed E-state index contributed by atoms with van der Waals surface area (Å²) in [5.74, 6) is -0.209. The second kappa shape index (κ2) is 14.1. The molecule has 0 spiro atoms. The van der Waals surface area contributed by atoms with Crippen molar-refractivity contribution < 1.29 is 24.2 Å². The van der Waals surface area contributed by atoms with Crippen LogP contribution in [0.1, 0.15) is 55.1 Å². The highest BCUT2D eigenvalue weighted by Crippen LogP contribution is 2.36. The van der Waals surface area contributed by atoms with Gasteiger partial charge >= 0.3 is 6.09 Å². The van der Waals surface area contributed by atoms with E-state index < -0.39 is 6.09 Å². The van der Waals surface area contributed by atoms with Crippen molar-refractivity contribution in [2.24, 2.45) is 7.05 Å². The zero-order chi connectivity index (χ0) is 34.9. The van der Waals surface area contributed by atoms with Gasteiger partial charge in [0.05, 0.1) is 18.8 Å². The van der Waals surface area contributed by atoms with Crippen molar-refractivity contribution in [1.82, 2.24) is 19.3 Å². The molecule has 3 aromatic carbocycles. The van der Waals surface area contributed by atoms with Gasteiger partial charge in [-0.3, -0.25) is 14.5 Å². The summed E-state index contributed by atoms with van der Waals surface area (Å²) in [5.41, 5.74) is 8.52. The van der Waals surface area contributed by atoms with Crippen LogP contribution in [-0.2, 0) is 37.7 Å². The fraction of sp³-hybridized carbons (Fsp3) is 0.375. The Bertz CT molecular complexity index is 1910. The van der Waals surface area contributed by atoms with Gasteiger partial charge in [0.15, 0.2) is 0 Å². The Hall–Kier alpha value is -4.93. The molecule has 10 heteroatoms. The molecule has 1 fully saturated rings. The fourth-order valence-electron chi connectivity index (χ4n) is 7.68. The summed E-state index contributed by atoms with van der Waals surface area (Å²) in [6, 6.07) is 23.8. The highest BCUT2D eigenvalue weighted by Gasteiger charge is 2.34. The predicted octanol–water partition coefficient (Wildman–Crippen LogP) is 5.60. The molecule has 3 aliphatic rings.